The highest BCUT2D eigenvalue weighted by Gasteiger charge is 2.27. The molecule has 3 rings (SSSR count). The molecule has 5 nitrogen and oxygen atoms in total. The molecule has 1 aliphatic rings. The number of nitrogens with one attached hydrogen (secondary N) is 2. The van der Waals surface area contributed by atoms with Crippen LogP contribution in [0.25, 0.3) is 10.8 Å². The van der Waals surface area contributed by atoms with Gasteiger partial charge in [-0.3, -0.25) is 0 Å². The van der Waals surface area contributed by atoms with E-state index in [0.717, 1.165) is 29.7 Å². The minimum absolute atomic E-state index is 0.172. The highest BCUT2D eigenvalue weighted by Crippen LogP contribution is 2.21. The molecule has 0 amide bonds. The van der Waals surface area contributed by atoms with Crippen molar-refractivity contribution in [1.82, 2.24) is 15.5 Å². The number of ether oxygens (including phenoxy) is 1. The van der Waals surface area contributed by atoms with E-state index in [2.05, 4.69) is 26.9 Å². The van der Waals surface area contributed by atoms with Crippen molar-refractivity contribution in [2.75, 3.05) is 25.5 Å². The number of fused-ring (bicyclic) bond motifs is 1. The lowest BCUT2D eigenvalue weighted by Gasteiger charge is -2.19. The number of benzene rings is 1. The predicted molar refractivity (Wildman–Crippen MR) is 70.6 cm³/mol. The molecular weight excluding hydrogens is 228 g/mol. The third-order valence-electron chi connectivity index (χ3n) is 3.35. The van der Waals surface area contributed by atoms with E-state index < -0.39 is 0 Å². The SMILES string of the molecule is CO[C@H]1CNCC1Nc1nncc2ccccc12. The minimum Gasteiger partial charge on any atom is -0.378 e. The fourth-order valence-corrected chi connectivity index (χ4v) is 2.36. The Morgan fingerprint density at radius 2 is 2.22 bits per heavy atom. The third-order valence-corrected chi connectivity index (χ3v) is 3.35. The molecule has 1 aromatic carbocycles. The summed E-state index contributed by atoms with van der Waals surface area (Å²) in [5.74, 6) is 0.823. The molecule has 0 spiro atoms. The Balaban J connectivity index is 1.90. The average Bonchev–Trinajstić information content (AvgIpc) is 2.86. The molecule has 5 heteroatoms. The first-order chi connectivity index (χ1) is 8.88. The lowest BCUT2D eigenvalue weighted by atomic mass is 10.1. The van der Waals surface area contributed by atoms with Crippen molar-refractivity contribution in [3.8, 4) is 0 Å². The number of nitrogens with zero attached hydrogens (tertiary/aromatic N) is 2. The molecule has 1 saturated heterocycles. The van der Waals surface area contributed by atoms with Crippen LogP contribution in [0.3, 0.4) is 0 Å². The second-order valence-electron chi connectivity index (χ2n) is 4.46. The molecule has 2 N–H and O–H groups in total. The molecule has 1 fully saturated rings. The summed E-state index contributed by atoms with van der Waals surface area (Å²) in [6, 6.07) is 8.33. The zero-order chi connectivity index (χ0) is 12.4. The van der Waals surface area contributed by atoms with Gasteiger partial charge in [0, 0.05) is 31.0 Å². The normalized spacial score (nSPS) is 23.4. The number of rotatable bonds is 3. The smallest absolute Gasteiger partial charge is 0.156 e. The second kappa shape index (κ2) is 4.88. The van der Waals surface area contributed by atoms with Gasteiger partial charge in [-0.15, -0.1) is 5.10 Å². The van der Waals surface area contributed by atoms with Crippen molar-refractivity contribution in [1.29, 1.82) is 0 Å². The van der Waals surface area contributed by atoms with Crippen LogP contribution in [0.4, 0.5) is 5.82 Å². The van der Waals surface area contributed by atoms with Gasteiger partial charge in [0.15, 0.2) is 5.82 Å². The molecule has 0 bridgehead atoms. The maximum Gasteiger partial charge on any atom is 0.156 e. The molecule has 0 aliphatic carbocycles. The van der Waals surface area contributed by atoms with Gasteiger partial charge in [-0.2, -0.15) is 5.10 Å². The van der Waals surface area contributed by atoms with Crippen LogP contribution in [-0.2, 0) is 4.74 Å². The van der Waals surface area contributed by atoms with Gasteiger partial charge in [0.1, 0.15) is 0 Å². The Bertz CT molecular complexity index is 540. The number of hydrogen-bond donors (Lipinski definition) is 2. The van der Waals surface area contributed by atoms with Gasteiger partial charge in [0.2, 0.25) is 0 Å². The van der Waals surface area contributed by atoms with E-state index >= 15 is 0 Å². The minimum atomic E-state index is 0.172. The first kappa shape index (κ1) is 11.4. The molecule has 18 heavy (non-hydrogen) atoms. The van der Waals surface area contributed by atoms with E-state index in [1.54, 1.807) is 13.3 Å². The summed E-state index contributed by atoms with van der Waals surface area (Å²) in [6.45, 7) is 1.75. The summed E-state index contributed by atoms with van der Waals surface area (Å²) in [6.07, 6.45) is 1.95. The van der Waals surface area contributed by atoms with Gasteiger partial charge in [-0.1, -0.05) is 24.3 Å². The van der Waals surface area contributed by atoms with Gasteiger partial charge < -0.3 is 15.4 Å². The molecule has 2 heterocycles. The largest absolute Gasteiger partial charge is 0.378 e. The first-order valence-electron chi connectivity index (χ1n) is 6.09. The van der Waals surface area contributed by atoms with E-state index in [-0.39, 0.29) is 12.1 Å². The van der Waals surface area contributed by atoms with Crippen LogP contribution >= 0.6 is 0 Å². The van der Waals surface area contributed by atoms with Crippen molar-refractivity contribution in [2.24, 2.45) is 0 Å². The zero-order valence-electron chi connectivity index (χ0n) is 10.3. The van der Waals surface area contributed by atoms with Crippen molar-refractivity contribution in [2.45, 2.75) is 12.1 Å². The molecule has 0 radical (unpaired) electrons. The van der Waals surface area contributed by atoms with Crippen molar-refractivity contribution < 1.29 is 4.74 Å². The van der Waals surface area contributed by atoms with Gasteiger partial charge >= 0.3 is 0 Å². The number of hydrogen-bond acceptors (Lipinski definition) is 5. The maximum atomic E-state index is 5.43. The Morgan fingerprint density at radius 3 is 3.11 bits per heavy atom. The summed E-state index contributed by atoms with van der Waals surface area (Å²) >= 11 is 0. The molecule has 1 aliphatic heterocycles. The fraction of sp³-hybridized carbons (Fsp3) is 0.385. The van der Waals surface area contributed by atoms with E-state index in [0.29, 0.717) is 0 Å². The Hall–Kier alpha value is -1.72. The Morgan fingerprint density at radius 1 is 1.33 bits per heavy atom. The van der Waals surface area contributed by atoms with Crippen LogP contribution in [0, 0.1) is 0 Å². The monoisotopic (exact) mass is 244 g/mol. The van der Waals surface area contributed by atoms with Gasteiger partial charge in [0.25, 0.3) is 0 Å². The molecule has 1 aromatic heterocycles. The fourth-order valence-electron chi connectivity index (χ4n) is 2.36. The van der Waals surface area contributed by atoms with Gasteiger partial charge in [-0.05, 0) is 0 Å². The Kier molecular flexibility index (Phi) is 3.08. The highest BCUT2D eigenvalue weighted by atomic mass is 16.5. The molecule has 2 atom stereocenters. The van der Waals surface area contributed by atoms with E-state index in [1.165, 1.54) is 0 Å². The average molecular weight is 244 g/mol. The van der Waals surface area contributed by atoms with Crippen LogP contribution in [0.5, 0.6) is 0 Å². The lowest BCUT2D eigenvalue weighted by molar-refractivity contribution is 0.111. The number of aromatic nitrogens is 2. The number of anilines is 1. The predicted octanol–water partition coefficient (Wildman–Crippen LogP) is 1.03. The Labute approximate surface area is 106 Å². The van der Waals surface area contributed by atoms with Gasteiger partial charge in [0.05, 0.1) is 18.3 Å². The van der Waals surface area contributed by atoms with Gasteiger partial charge in [-0.25, -0.2) is 0 Å². The molecule has 0 saturated carbocycles. The van der Waals surface area contributed by atoms with Crippen molar-refractivity contribution in [3.05, 3.63) is 30.5 Å². The van der Waals surface area contributed by atoms with E-state index in [9.17, 15) is 0 Å². The van der Waals surface area contributed by atoms with Crippen molar-refractivity contribution >= 4 is 16.6 Å². The van der Waals surface area contributed by atoms with Crippen LogP contribution in [0.15, 0.2) is 30.5 Å². The maximum absolute atomic E-state index is 5.43. The summed E-state index contributed by atoms with van der Waals surface area (Å²) in [5, 5.41) is 17.1. The van der Waals surface area contributed by atoms with Crippen LogP contribution in [-0.4, -0.2) is 42.5 Å². The number of methoxy groups -OCH3 is 1. The third kappa shape index (κ3) is 2.02. The first-order valence-corrected chi connectivity index (χ1v) is 6.09. The quantitative estimate of drug-likeness (QED) is 0.844. The summed E-state index contributed by atoms with van der Waals surface area (Å²) in [7, 11) is 1.74. The summed E-state index contributed by atoms with van der Waals surface area (Å²) in [4.78, 5) is 0. The zero-order valence-corrected chi connectivity index (χ0v) is 10.3. The van der Waals surface area contributed by atoms with Crippen LogP contribution in [0.2, 0.25) is 0 Å². The summed E-state index contributed by atoms with van der Waals surface area (Å²) in [5.41, 5.74) is 0. The molecular formula is C13H16N4O. The highest BCUT2D eigenvalue weighted by molar-refractivity contribution is 5.90. The molecule has 94 valence electrons. The van der Waals surface area contributed by atoms with Crippen molar-refractivity contribution in [3.63, 3.8) is 0 Å². The van der Waals surface area contributed by atoms with Crippen LogP contribution < -0.4 is 10.6 Å². The van der Waals surface area contributed by atoms with Crippen LogP contribution in [0.1, 0.15) is 0 Å². The van der Waals surface area contributed by atoms with E-state index in [4.69, 9.17) is 4.74 Å². The molecule has 1 unspecified atom stereocenters. The lowest BCUT2D eigenvalue weighted by Crippen LogP contribution is -2.34. The van der Waals surface area contributed by atoms with E-state index in [1.807, 2.05) is 18.2 Å². The molecule has 2 aromatic rings. The standard InChI is InChI=1S/C13H16N4O/c1-18-12-8-14-7-11(12)16-13-10-5-3-2-4-9(10)6-15-17-13/h2-6,11-12,14H,7-8H2,1H3,(H,16,17)/t11?,12-/m0/s1. The second-order valence-corrected chi connectivity index (χ2v) is 4.46. The summed E-state index contributed by atoms with van der Waals surface area (Å²) < 4.78 is 5.43. The topological polar surface area (TPSA) is 59.1 Å².